The summed E-state index contributed by atoms with van der Waals surface area (Å²) in [6, 6.07) is 10.7. The predicted molar refractivity (Wildman–Crippen MR) is 95.4 cm³/mol. The predicted octanol–water partition coefficient (Wildman–Crippen LogP) is 4.00. The molecule has 1 aromatic carbocycles. The minimum Gasteiger partial charge on any atom is -0.439 e. The standard InChI is InChI=1S/C20H27N3O/c21-17-11-18(23(14-17)13-15-7-3-1-4-8-15)20-22-12-19(24-20)16-9-5-2-6-10-16/h2,5-6,9-10,12,15,17-18H,1,3-4,7-8,11,13-14,21H2/t17-,18-/m0/s1. The molecule has 1 aromatic heterocycles. The Labute approximate surface area is 144 Å². The zero-order valence-electron chi connectivity index (χ0n) is 14.2. The lowest BCUT2D eigenvalue weighted by atomic mass is 9.89. The topological polar surface area (TPSA) is 55.3 Å². The van der Waals surface area contributed by atoms with Gasteiger partial charge in [-0.2, -0.15) is 0 Å². The molecule has 2 aliphatic rings. The van der Waals surface area contributed by atoms with E-state index in [4.69, 9.17) is 10.2 Å². The van der Waals surface area contributed by atoms with Gasteiger partial charge in [0.2, 0.25) is 5.89 Å². The van der Waals surface area contributed by atoms with Crippen LogP contribution in [0.2, 0.25) is 0 Å². The van der Waals surface area contributed by atoms with E-state index in [9.17, 15) is 0 Å². The Bertz CT molecular complexity index is 648. The lowest BCUT2D eigenvalue weighted by Crippen LogP contribution is -2.32. The molecule has 0 amide bonds. The number of likely N-dealkylation sites (tertiary alicyclic amines) is 1. The molecule has 128 valence electrons. The molecule has 4 nitrogen and oxygen atoms in total. The van der Waals surface area contributed by atoms with E-state index in [1.807, 2.05) is 24.4 Å². The Hall–Kier alpha value is -1.65. The Morgan fingerprint density at radius 3 is 2.71 bits per heavy atom. The van der Waals surface area contributed by atoms with Crippen molar-refractivity contribution in [1.82, 2.24) is 9.88 Å². The van der Waals surface area contributed by atoms with Gasteiger partial charge in [0.05, 0.1) is 12.2 Å². The molecule has 0 bridgehead atoms. The summed E-state index contributed by atoms with van der Waals surface area (Å²) in [5.41, 5.74) is 7.35. The van der Waals surface area contributed by atoms with Crippen molar-refractivity contribution in [3.63, 3.8) is 0 Å². The molecule has 2 N–H and O–H groups in total. The first-order valence-electron chi connectivity index (χ1n) is 9.30. The summed E-state index contributed by atoms with van der Waals surface area (Å²) < 4.78 is 6.11. The molecule has 1 aliphatic heterocycles. The highest BCUT2D eigenvalue weighted by atomic mass is 16.4. The molecule has 1 aliphatic carbocycles. The molecular formula is C20H27N3O. The second-order valence-electron chi connectivity index (χ2n) is 7.40. The number of benzene rings is 1. The minimum absolute atomic E-state index is 0.227. The summed E-state index contributed by atoms with van der Waals surface area (Å²) in [5.74, 6) is 2.50. The average molecular weight is 325 g/mol. The zero-order chi connectivity index (χ0) is 16.4. The fraction of sp³-hybridized carbons (Fsp3) is 0.550. The summed E-state index contributed by atoms with van der Waals surface area (Å²) in [6.07, 6.45) is 9.69. The first-order chi connectivity index (χ1) is 11.8. The largest absolute Gasteiger partial charge is 0.439 e. The Morgan fingerprint density at radius 1 is 1.12 bits per heavy atom. The van der Waals surface area contributed by atoms with Gasteiger partial charge in [-0.3, -0.25) is 4.90 Å². The summed E-state index contributed by atoms with van der Waals surface area (Å²) in [5, 5.41) is 0. The highest BCUT2D eigenvalue weighted by Gasteiger charge is 2.35. The number of aromatic nitrogens is 1. The molecule has 2 aromatic rings. The lowest BCUT2D eigenvalue weighted by Gasteiger charge is -2.29. The van der Waals surface area contributed by atoms with E-state index in [-0.39, 0.29) is 12.1 Å². The van der Waals surface area contributed by atoms with Crippen LogP contribution in [-0.4, -0.2) is 29.0 Å². The molecule has 2 fully saturated rings. The fourth-order valence-corrected chi connectivity index (χ4v) is 4.28. The summed E-state index contributed by atoms with van der Waals surface area (Å²) in [6.45, 7) is 2.10. The fourth-order valence-electron chi connectivity index (χ4n) is 4.28. The van der Waals surface area contributed by atoms with Crippen LogP contribution in [0.25, 0.3) is 11.3 Å². The monoisotopic (exact) mass is 325 g/mol. The van der Waals surface area contributed by atoms with Crippen LogP contribution in [0.15, 0.2) is 40.9 Å². The van der Waals surface area contributed by atoms with E-state index in [0.717, 1.165) is 42.6 Å². The molecule has 2 heterocycles. The van der Waals surface area contributed by atoms with E-state index >= 15 is 0 Å². The van der Waals surface area contributed by atoms with Gasteiger partial charge in [-0.25, -0.2) is 4.98 Å². The molecule has 1 saturated carbocycles. The molecular weight excluding hydrogens is 298 g/mol. The Morgan fingerprint density at radius 2 is 1.92 bits per heavy atom. The van der Waals surface area contributed by atoms with Crippen LogP contribution in [0.4, 0.5) is 0 Å². The lowest BCUT2D eigenvalue weighted by molar-refractivity contribution is 0.170. The van der Waals surface area contributed by atoms with Crippen molar-refractivity contribution in [2.75, 3.05) is 13.1 Å². The van der Waals surface area contributed by atoms with Gasteiger partial charge in [0.15, 0.2) is 5.76 Å². The maximum Gasteiger partial charge on any atom is 0.212 e. The number of hydrogen-bond donors (Lipinski definition) is 1. The maximum absolute atomic E-state index is 6.26. The third kappa shape index (κ3) is 3.40. The quantitative estimate of drug-likeness (QED) is 0.923. The van der Waals surface area contributed by atoms with Crippen LogP contribution in [0, 0.1) is 5.92 Å². The second kappa shape index (κ2) is 7.08. The van der Waals surface area contributed by atoms with E-state index < -0.39 is 0 Å². The highest BCUT2D eigenvalue weighted by Crippen LogP contribution is 2.35. The van der Waals surface area contributed by atoms with Crippen molar-refractivity contribution in [3.8, 4) is 11.3 Å². The van der Waals surface area contributed by atoms with Crippen molar-refractivity contribution in [2.24, 2.45) is 11.7 Å². The molecule has 0 radical (unpaired) electrons. The molecule has 4 rings (SSSR count). The van der Waals surface area contributed by atoms with Gasteiger partial charge in [0.25, 0.3) is 0 Å². The van der Waals surface area contributed by atoms with Gasteiger partial charge in [-0.15, -0.1) is 0 Å². The van der Waals surface area contributed by atoms with Crippen LogP contribution in [-0.2, 0) is 0 Å². The number of nitrogens with two attached hydrogens (primary N) is 1. The molecule has 0 unspecified atom stereocenters. The van der Waals surface area contributed by atoms with Crippen molar-refractivity contribution >= 4 is 0 Å². The Balaban J connectivity index is 1.50. The molecule has 2 atom stereocenters. The molecule has 0 spiro atoms. The normalized spacial score (nSPS) is 26.0. The van der Waals surface area contributed by atoms with Gasteiger partial charge in [0.1, 0.15) is 0 Å². The first-order valence-corrected chi connectivity index (χ1v) is 9.30. The summed E-state index contributed by atoms with van der Waals surface area (Å²) in [4.78, 5) is 7.10. The van der Waals surface area contributed by atoms with Crippen LogP contribution in [0.1, 0.15) is 50.5 Å². The Kier molecular flexibility index (Phi) is 4.67. The number of rotatable bonds is 4. The second-order valence-corrected chi connectivity index (χ2v) is 7.40. The first kappa shape index (κ1) is 15.9. The van der Waals surface area contributed by atoms with E-state index in [0.29, 0.717) is 0 Å². The SMILES string of the molecule is N[C@H]1C[C@@H](c2ncc(-c3ccccc3)o2)N(CC2CCCCC2)C1. The number of oxazole rings is 1. The summed E-state index contributed by atoms with van der Waals surface area (Å²) in [7, 11) is 0. The van der Waals surface area contributed by atoms with Gasteiger partial charge in [0, 0.05) is 24.7 Å². The van der Waals surface area contributed by atoms with Crippen LogP contribution >= 0.6 is 0 Å². The molecule has 1 saturated heterocycles. The minimum atomic E-state index is 0.227. The average Bonchev–Trinajstić information content (AvgIpc) is 3.23. The number of nitrogens with zero attached hydrogens (tertiary/aromatic N) is 2. The smallest absolute Gasteiger partial charge is 0.212 e. The van der Waals surface area contributed by atoms with Crippen molar-refractivity contribution in [2.45, 2.75) is 50.6 Å². The molecule has 4 heteroatoms. The van der Waals surface area contributed by atoms with Gasteiger partial charge in [-0.1, -0.05) is 49.6 Å². The highest BCUT2D eigenvalue weighted by molar-refractivity contribution is 5.55. The third-order valence-electron chi connectivity index (χ3n) is 5.52. The van der Waals surface area contributed by atoms with Crippen LogP contribution in [0.3, 0.4) is 0 Å². The van der Waals surface area contributed by atoms with Crippen LogP contribution < -0.4 is 5.73 Å². The van der Waals surface area contributed by atoms with Crippen molar-refractivity contribution < 1.29 is 4.42 Å². The van der Waals surface area contributed by atoms with E-state index in [1.54, 1.807) is 0 Å². The molecule has 24 heavy (non-hydrogen) atoms. The van der Waals surface area contributed by atoms with Crippen molar-refractivity contribution in [1.29, 1.82) is 0 Å². The van der Waals surface area contributed by atoms with E-state index in [2.05, 4.69) is 22.0 Å². The number of hydrogen-bond acceptors (Lipinski definition) is 4. The maximum atomic E-state index is 6.26. The van der Waals surface area contributed by atoms with Crippen LogP contribution in [0.5, 0.6) is 0 Å². The third-order valence-corrected chi connectivity index (χ3v) is 5.52. The van der Waals surface area contributed by atoms with Gasteiger partial charge in [-0.05, 0) is 25.2 Å². The zero-order valence-corrected chi connectivity index (χ0v) is 14.2. The van der Waals surface area contributed by atoms with Gasteiger partial charge < -0.3 is 10.2 Å². The summed E-state index contributed by atoms with van der Waals surface area (Å²) >= 11 is 0. The van der Waals surface area contributed by atoms with Crippen molar-refractivity contribution in [3.05, 3.63) is 42.4 Å². The van der Waals surface area contributed by atoms with Gasteiger partial charge >= 0.3 is 0 Å². The van der Waals surface area contributed by atoms with E-state index in [1.165, 1.54) is 32.1 Å².